The largest absolute Gasteiger partial charge is 0.492 e. The average Bonchev–Trinajstić information content (AvgIpc) is 2.27. The maximum absolute atomic E-state index is 6.05. The Morgan fingerprint density at radius 2 is 1.94 bits per heavy atom. The molecule has 1 aromatic carbocycles. The SMILES string of the molecule is CC(CNC(C)(C)C)COc1cccc(Cl)c1Cl. The summed E-state index contributed by atoms with van der Waals surface area (Å²) in [7, 11) is 0. The summed E-state index contributed by atoms with van der Waals surface area (Å²) >= 11 is 12.0. The van der Waals surface area contributed by atoms with Gasteiger partial charge < -0.3 is 10.1 Å². The molecule has 102 valence electrons. The van der Waals surface area contributed by atoms with E-state index in [2.05, 4.69) is 33.0 Å². The van der Waals surface area contributed by atoms with Gasteiger partial charge in [0, 0.05) is 18.0 Å². The normalized spacial score (nSPS) is 13.4. The Morgan fingerprint density at radius 1 is 1.28 bits per heavy atom. The van der Waals surface area contributed by atoms with Crippen molar-refractivity contribution in [3.05, 3.63) is 28.2 Å². The van der Waals surface area contributed by atoms with Crippen molar-refractivity contribution in [2.75, 3.05) is 13.2 Å². The third kappa shape index (κ3) is 5.47. The molecule has 0 fully saturated rings. The molecule has 1 unspecified atom stereocenters. The Balaban J connectivity index is 2.43. The third-order valence-electron chi connectivity index (χ3n) is 2.42. The van der Waals surface area contributed by atoms with Gasteiger partial charge in [0.2, 0.25) is 0 Å². The first-order valence-electron chi connectivity index (χ1n) is 6.11. The molecule has 4 heteroatoms. The molecule has 2 nitrogen and oxygen atoms in total. The van der Waals surface area contributed by atoms with Crippen molar-refractivity contribution in [3.63, 3.8) is 0 Å². The molecule has 0 radical (unpaired) electrons. The van der Waals surface area contributed by atoms with Gasteiger partial charge in [-0.05, 0) is 32.9 Å². The van der Waals surface area contributed by atoms with Crippen LogP contribution in [-0.2, 0) is 0 Å². The smallest absolute Gasteiger partial charge is 0.139 e. The number of nitrogens with one attached hydrogen (secondary N) is 1. The van der Waals surface area contributed by atoms with Gasteiger partial charge in [-0.3, -0.25) is 0 Å². The van der Waals surface area contributed by atoms with Gasteiger partial charge in [0.15, 0.2) is 0 Å². The summed E-state index contributed by atoms with van der Waals surface area (Å²) in [5.41, 5.74) is 0.127. The van der Waals surface area contributed by atoms with Crippen LogP contribution in [0, 0.1) is 5.92 Å². The molecule has 0 aliphatic rings. The van der Waals surface area contributed by atoms with Crippen LogP contribution >= 0.6 is 23.2 Å². The highest BCUT2D eigenvalue weighted by atomic mass is 35.5. The maximum atomic E-state index is 6.05. The highest BCUT2D eigenvalue weighted by Gasteiger charge is 2.12. The van der Waals surface area contributed by atoms with Crippen LogP contribution in [0.3, 0.4) is 0 Å². The molecular weight excluding hydrogens is 269 g/mol. The van der Waals surface area contributed by atoms with Crippen molar-refractivity contribution in [2.24, 2.45) is 5.92 Å². The first kappa shape index (κ1) is 15.6. The lowest BCUT2D eigenvalue weighted by Crippen LogP contribution is -2.39. The molecule has 0 aliphatic heterocycles. The summed E-state index contributed by atoms with van der Waals surface area (Å²) in [6.45, 7) is 10.1. The Morgan fingerprint density at radius 3 is 2.56 bits per heavy atom. The molecule has 1 atom stereocenters. The van der Waals surface area contributed by atoms with Crippen molar-refractivity contribution < 1.29 is 4.74 Å². The van der Waals surface area contributed by atoms with Gasteiger partial charge in [0.05, 0.1) is 11.6 Å². The lowest BCUT2D eigenvalue weighted by Gasteiger charge is -2.23. The summed E-state index contributed by atoms with van der Waals surface area (Å²) < 4.78 is 5.69. The summed E-state index contributed by atoms with van der Waals surface area (Å²) in [6.07, 6.45) is 0. The van der Waals surface area contributed by atoms with Crippen LogP contribution in [0.2, 0.25) is 10.0 Å². The second-order valence-corrected chi connectivity index (χ2v) is 6.38. The molecule has 0 aliphatic carbocycles. The van der Waals surface area contributed by atoms with E-state index in [1.165, 1.54) is 0 Å². The van der Waals surface area contributed by atoms with E-state index in [9.17, 15) is 0 Å². The van der Waals surface area contributed by atoms with Gasteiger partial charge in [-0.2, -0.15) is 0 Å². The molecule has 1 rings (SSSR count). The van der Waals surface area contributed by atoms with Crippen LogP contribution in [0.5, 0.6) is 5.75 Å². The minimum atomic E-state index is 0.127. The van der Waals surface area contributed by atoms with E-state index in [0.717, 1.165) is 6.54 Å². The summed E-state index contributed by atoms with van der Waals surface area (Å²) in [5.74, 6) is 1.05. The molecule has 0 saturated carbocycles. The van der Waals surface area contributed by atoms with Crippen LogP contribution in [0.25, 0.3) is 0 Å². The van der Waals surface area contributed by atoms with E-state index in [1.54, 1.807) is 6.07 Å². The fourth-order valence-electron chi connectivity index (χ4n) is 1.37. The number of halogens is 2. The Labute approximate surface area is 120 Å². The number of rotatable bonds is 5. The van der Waals surface area contributed by atoms with Crippen LogP contribution in [-0.4, -0.2) is 18.7 Å². The average molecular weight is 290 g/mol. The molecule has 0 spiro atoms. The van der Waals surface area contributed by atoms with Crippen molar-refractivity contribution in [3.8, 4) is 5.75 Å². The highest BCUT2D eigenvalue weighted by molar-refractivity contribution is 6.42. The molecule has 1 aromatic rings. The van der Waals surface area contributed by atoms with Crippen LogP contribution in [0.1, 0.15) is 27.7 Å². The van der Waals surface area contributed by atoms with Crippen molar-refractivity contribution in [1.82, 2.24) is 5.32 Å². The van der Waals surface area contributed by atoms with Gasteiger partial charge in [0.25, 0.3) is 0 Å². The second kappa shape index (κ2) is 6.65. The predicted molar refractivity (Wildman–Crippen MR) is 78.9 cm³/mol. The maximum Gasteiger partial charge on any atom is 0.139 e. The number of benzene rings is 1. The molecule has 0 saturated heterocycles. The van der Waals surface area contributed by atoms with Crippen LogP contribution < -0.4 is 10.1 Å². The molecular formula is C14H21Cl2NO. The molecule has 1 N–H and O–H groups in total. The minimum absolute atomic E-state index is 0.127. The number of ether oxygens (including phenoxy) is 1. The molecule has 18 heavy (non-hydrogen) atoms. The van der Waals surface area contributed by atoms with Crippen molar-refractivity contribution in [2.45, 2.75) is 33.2 Å². The summed E-state index contributed by atoms with van der Waals surface area (Å²) in [6, 6.07) is 5.42. The van der Waals surface area contributed by atoms with Gasteiger partial charge in [-0.1, -0.05) is 36.2 Å². The third-order valence-corrected chi connectivity index (χ3v) is 3.22. The first-order valence-corrected chi connectivity index (χ1v) is 6.87. The fraction of sp³-hybridized carbons (Fsp3) is 0.571. The summed E-state index contributed by atoms with van der Waals surface area (Å²) in [5, 5.41) is 4.45. The molecule has 0 heterocycles. The lowest BCUT2D eigenvalue weighted by molar-refractivity contribution is 0.244. The van der Waals surface area contributed by atoms with E-state index in [-0.39, 0.29) is 5.54 Å². The monoisotopic (exact) mass is 289 g/mol. The lowest BCUT2D eigenvalue weighted by atomic mass is 10.1. The zero-order valence-corrected chi connectivity index (χ0v) is 12.9. The Kier molecular flexibility index (Phi) is 5.77. The minimum Gasteiger partial charge on any atom is -0.492 e. The standard InChI is InChI=1S/C14H21Cl2NO/c1-10(8-17-14(2,3)4)9-18-12-7-5-6-11(15)13(12)16/h5-7,10,17H,8-9H2,1-4H3. The highest BCUT2D eigenvalue weighted by Crippen LogP contribution is 2.31. The topological polar surface area (TPSA) is 21.3 Å². The Bertz CT molecular complexity index is 388. The fourth-order valence-corrected chi connectivity index (χ4v) is 1.71. The van der Waals surface area contributed by atoms with Crippen molar-refractivity contribution >= 4 is 23.2 Å². The number of hydrogen-bond donors (Lipinski definition) is 1. The summed E-state index contributed by atoms with van der Waals surface area (Å²) in [4.78, 5) is 0. The van der Waals surface area contributed by atoms with Gasteiger partial charge in [-0.25, -0.2) is 0 Å². The van der Waals surface area contributed by atoms with Gasteiger partial charge in [-0.15, -0.1) is 0 Å². The van der Waals surface area contributed by atoms with Crippen molar-refractivity contribution in [1.29, 1.82) is 0 Å². The number of hydrogen-bond acceptors (Lipinski definition) is 2. The quantitative estimate of drug-likeness (QED) is 0.868. The van der Waals surface area contributed by atoms with E-state index in [4.69, 9.17) is 27.9 Å². The molecule has 0 bridgehead atoms. The van der Waals surface area contributed by atoms with E-state index in [0.29, 0.717) is 28.3 Å². The Hall–Kier alpha value is -0.440. The van der Waals surface area contributed by atoms with E-state index >= 15 is 0 Å². The van der Waals surface area contributed by atoms with E-state index < -0.39 is 0 Å². The molecule has 0 amide bonds. The second-order valence-electron chi connectivity index (χ2n) is 5.60. The van der Waals surface area contributed by atoms with Crippen LogP contribution in [0.15, 0.2) is 18.2 Å². The molecule has 0 aromatic heterocycles. The predicted octanol–water partition coefficient (Wildman–Crippen LogP) is 4.40. The zero-order valence-electron chi connectivity index (χ0n) is 11.4. The first-order chi connectivity index (χ1) is 8.29. The van der Waals surface area contributed by atoms with Gasteiger partial charge in [0.1, 0.15) is 10.8 Å². The van der Waals surface area contributed by atoms with Gasteiger partial charge >= 0.3 is 0 Å². The zero-order chi connectivity index (χ0) is 13.8. The van der Waals surface area contributed by atoms with E-state index in [1.807, 2.05) is 12.1 Å². The van der Waals surface area contributed by atoms with Crippen LogP contribution in [0.4, 0.5) is 0 Å².